The molecule has 0 fully saturated rings. The maximum atomic E-state index is 6.69. The third-order valence-electron chi connectivity index (χ3n) is 15.1. The molecule has 12 aromatic rings. The number of furan rings is 1. The van der Waals surface area contributed by atoms with Gasteiger partial charge in [0.05, 0.1) is 11.0 Å². The van der Waals surface area contributed by atoms with Gasteiger partial charge in [-0.25, -0.2) is 15.0 Å². The molecule has 3 aromatic heterocycles. The molecule has 0 saturated heterocycles. The molecule has 9 aromatic carbocycles. The first kappa shape index (κ1) is 38.8. The minimum absolute atomic E-state index is 0.182. The van der Waals surface area contributed by atoms with Gasteiger partial charge in [0, 0.05) is 54.8 Å². The van der Waals surface area contributed by atoms with Gasteiger partial charge in [-0.3, -0.25) is 0 Å². The largest absolute Gasteiger partial charge is 0.456 e. The summed E-state index contributed by atoms with van der Waals surface area (Å²) in [4.78, 5) is 16.5. The second-order valence-corrected chi connectivity index (χ2v) is 19.5. The van der Waals surface area contributed by atoms with Gasteiger partial charge in [-0.2, -0.15) is 0 Å². The van der Waals surface area contributed by atoms with Gasteiger partial charge in [0.1, 0.15) is 11.2 Å². The van der Waals surface area contributed by atoms with E-state index < -0.39 is 0 Å². The molecule has 0 aliphatic heterocycles. The summed E-state index contributed by atoms with van der Waals surface area (Å²) in [5.74, 6) is 1.89. The Bertz CT molecular complexity index is 3970. The maximum absolute atomic E-state index is 6.69. The van der Waals surface area contributed by atoms with Crippen molar-refractivity contribution in [3.8, 4) is 73.2 Å². The van der Waals surface area contributed by atoms with E-state index in [9.17, 15) is 0 Å². The van der Waals surface area contributed by atoms with Crippen molar-refractivity contribution in [2.45, 2.75) is 38.5 Å². The van der Waals surface area contributed by atoms with E-state index in [1.54, 1.807) is 0 Å². The third kappa shape index (κ3) is 5.41. The van der Waals surface area contributed by atoms with Crippen LogP contribution in [0.4, 0.5) is 0 Å². The lowest BCUT2D eigenvalue weighted by atomic mass is 9.82. The highest BCUT2D eigenvalue weighted by molar-refractivity contribution is 6.14. The van der Waals surface area contributed by atoms with E-state index in [4.69, 9.17) is 19.4 Å². The molecule has 68 heavy (non-hydrogen) atoms. The fourth-order valence-electron chi connectivity index (χ4n) is 11.8. The Labute approximate surface area is 394 Å². The van der Waals surface area contributed by atoms with E-state index in [0.717, 1.165) is 55.4 Å². The Hall–Kier alpha value is -8.41. The van der Waals surface area contributed by atoms with Crippen LogP contribution < -0.4 is 0 Å². The summed E-state index contributed by atoms with van der Waals surface area (Å²) in [6, 6.07) is 69.7. The summed E-state index contributed by atoms with van der Waals surface area (Å²) in [6.07, 6.45) is 0. The van der Waals surface area contributed by atoms with Crippen LogP contribution in [0.15, 0.2) is 199 Å². The summed E-state index contributed by atoms with van der Waals surface area (Å²) in [6.45, 7) is 9.27. The average Bonchev–Trinajstić information content (AvgIpc) is 4.07. The summed E-state index contributed by atoms with van der Waals surface area (Å²) in [5, 5.41) is 4.42. The van der Waals surface area contributed by atoms with E-state index in [0.29, 0.717) is 17.5 Å². The van der Waals surface area contributed by atoms with Crippen LogP contribution >= 0.6 is 0 Å². The van der Waals surface area contributed by atoms with Crippen molar-refractivity contribution >= 4 is 43.7 Å². The zero-order chi connectivity index (χ0) is 45.5. The molecule has 0 saturated carbocycles. The smallest absolute Gasteiger partial charge is 0.164 e. The molecule has 0 atom stereocenters. The molecule has 0 radical (unpaired) electrons. The predicted molar refractivity (Wildman–Crippen MR) is 278 cm³/mol. The maximum Gasteiger partial charge on any atom is 0.164 e. The Kier molecular flexibility index (Phi) is 8.02. The Morgan fingerprint density at radius 3 is 1.51 bits per heavy atom. The lowest BCUT2D eigenvalue weighted by Crippen LogP contribution is -2.15. The summed E-state index contributed by atoms with van der Waals surface area (Å²) >= 11 is 0. The number of benzene rings is 9. The van der Waals surface area contributed by atoms with Gasteiger partial charge in [0.25, 0.3) is 0 Å². The molecule has 0 amide bonds. The van der Waals surface area contributed by atoms with Crippen molar-refractivity contribution in [3.63, 3.8) is 0 Å². The van der Waals surface area contributed by atoms with Crippen molar-refractivity contribution in [1.82, 2.24) is 19.5 Å². The fourth-order valence-corrected chi connectivity index (χ4v) is 11.8. The van der Waals surface area contributed by atoms with E-state index in [2.05, 4.69) is 226 Å². The molecule has 5 nitrogen and oxygen atoms in total. The van der Waals surface area contributed by atoms with Crippen LogP contribution in [0.25, 0.3) is 117 Å². The number of fused-ring (bicyclic) bond motifs is 12. The number of nitrogens with zero attached hydrogens (tertiary/aromatic N) is 4. The van der Waals surface area contributed by atoms with Gasteiger partial charge in [0.2, 0.25) is 0 Å². The number of hydrogen-bond donors (Lipinski definition) is 0. The van der Waals surface area contributed by atoms with Crippen molar-refractivity contribution in [3.05, 3.63) is 216 Å². The van der Waals surface area contributed by atoms with Crippen molar-refractivity contribution < 1.29 is 4.42 Å². The van der Waals surface area contributed by atoms with Crippen LogP contribution in [0.2, 0.25) is 0 Å². The Morgan fingerprint density at radius 1 is 0.368 bits per heavy atom. The number of aromatic nitrogens is 4. The van der Waals surface area contributed by atoms with Crippen LogP contribution in [0.3, 0.4) is 0 Å². The second-order valence-electron chi connectivity index (χ2n) is 19.5. The van der Waals surface area contributed by atoms with E-state index in [1.165, 1.54) is 66.3 Å². The number of hydrogen-bond acceptors (Lipinski definition) is 4. The van der Waals surface area contributed by atoms with Gasteiger partial charge >= 0.3 is 0 Å². The van der Waals surface area contributed by atoms with Gasteiger partial charge < -0.3 is 8.98 Å². The van der Waals surface area contributed by atoms with Gasteiger partial charge in [-0.1, -0.05) is 173 Å². The molecule has 0 N–H and O–H groups in total. The molecule has 2 aliphatic rings. The molecular formula is C63H44N4O. The normalized spacial score (nSPS) is 14.1. The zero-order valence-electron chi connectivity index (χ0n) is 38.2. The highest BCUT2D eigenvalue weighted by atomic mass is 16.3. The highest BCUT2D eigenvalue weighted by Gasteiger charge is 2.39. The quantitative estimate of drug-likeness (QED) is 0.173. The van der Waals surface area contributed by atoms with E-state index in [1.807, 2.05) is 0 Å². The second kappa shape index (κ2) is 14.1. The molecule has 3 heterocycles. The average molecular weight is 873 g/mol. The first-order valence-corrected chi connectivity index (χ1v) is 23.5. The van der Waals surface area contributed by atoms with Crippen molar-refractivity contribution in [2.75, 3.05) is 0 Å². The summed E-state index contributed by atoms with van der Waals surface area (Å²) < 4.78 is 9.04. The van der Waals surface area contributed by atoms with Gasteiger partial charge in [-0.05, 0) is 104 Å². The lowest BCUT2D eigenvalue weighted by Gasteiger charge is -2.21. The molecule has 322 valence electrons. The molecule has 0 bridgehead atoms. The molecule has 0 unspecified atom stereocenters. The van der Waals surface area contributed by atoms with Gasteiger partial charge in [0.15, 0.2) is 17.5 Å². The van der Waals surface area contributed by atoms with Crippen molar-refractivity contribution in [1.29, 1.82) is 0 Å². The van der Waals surface area contributed by atoms with E-state index >= 15 is 0 Å². The molecule has 0 spiro atoms. The molecule has 2 aliphatic carbocycles. The van der Waals surface area contributed by atoms with Crippen LogP contribution in [0, 0.1) is 0 Å². The highest BCUT2D eigenvalue weighted by Crippen LogP contribution is 2.54. The predicted octanol–water partition coefficient (Wildman–Crippen LogP) is 16.1. The summed E-state index contributed by atoms with van der Waals surface area (Å²) in [5.41, 5.74) is 19.8. The molecular weight excluding hydrogens is 829 g/mol. The minimum Gasteiger partial charge on any atom is -0.456 e. The Balaban J connectivity index is 0.996. The van der Waals surface area contributed by atoms with Crippen LogP contribution in [0.1, 0.15) is 49.9 Å². The third-order valence-corrected chi connectivity index (χ3v) is 15.1. The number of rotatable bonds is 5. The first-order valence-electron chi connectivity index (χ1n) is 23.5. The zero-order valence-corrected chi connectivity index (χ0v) is 38.2. The molecule has 5 heteroatoms. The SMILES string of the molecule is CC1(C)c2ccccc2-c2c(-c3nc(-c4cccc5c4-c4ccccc4C5(C)C)nc(-c4cccc5oc6ccc(-c7ccc8c(c7)c7ccccc7n8-c7ccccc7)cc6c45)n3)cccc21. The fraction of sp³-hybridized carbons (Fsp3) is 0.0952. The summed E-state index contributed by atoms with van der Waals surface area (Å²) in [7, 11) is 0. The van der Waals surface area contributed by atoms with Crippen LogP contribution in [-0.4, -0.2) is 19.5 Å². The van der Waals surface area contributed by atoms with Crippen LogP contribution in [0.5, 0.6) is 0 Å². The van der Waals surface area contributed by atoms with Crippen molar-refractivity contribution in [2.24, 2.45) is 0 Å². The standard InChI is InChI=1S/C63H44N4O/c1-62(2)48-25-11-8-20-41(48)56-43(22-14-27-50(56)62)59-64-60(44-23-15-28-51-57(44)42-21-9-12-26-49(42)63(51,3)4)66-61(65-59)45-24-16-30-55-58(45)47-36-38(32-34-54(47)68-55)37-31-33-53-46(35-37)40-19-10-13-29-52(40)67(53)39-17-6-5-7-18-39/h5-36H,1-4H3. The Morgan fingerprint density at radius 2 is 0.853 bits per heavy atom. The van der Waals surface area contributed by atoms with E-state index in [-0.39, 0.29) is 10.8 Å². The number of para-hydroxylation sites is 2. The first-order chi connectivity index (χ1) is 33.2. The monoisotopic (exact) mass is 872 g/mol. The molecule has 14 rings (SSSR count). The minimum atomic E-state index is -0.182. The van der Waals surface area contributed by atoms with Gasteiger partial charge in [-0.15, -0.1) is 0 Å². The topological polar surface area (TPSA) is 56.7 Å². The lowest BCUT2D eigenvalue weighted by molar-refractivity contribution is 0.660. The van der Waals surface area contributed by atoms with Crippen LogP contribution in [-0.2, 0) is 10.8 Å².